The topological polar surface area (TPSA) is 45.6 Å². The third-order valence-electron chi connectivity index (χ3n) is 5.90. The van der Waals surface area contributed by atoms with Gasteiger partial charge in [-0.05, 0) is 43.2 Å². The fourth-order valence-corrected chi connectivity index (χ4v) is 4.22. The van der Waals surface area contributed by atoms with Gasteiger partial charge in [0.1, 0.15) is 6.54 Å². The Balaban J connectivity index is 1.55. The zero-order chi connectivity index (χ0) is 22.5. The van der Waals surface area contributed by atoms with E-state index in [0.717, 1.165) is 23.4 Å². The van der Waals surface area contributed by atoms with E-state index in [4.69, 9.17) is 0 Å². The third-order valence-corrected chi connectivity index (χ3v) is 5.90. The molecule has 32 heavy (non-hydrogen) atoms. The quantitative estimate of drug-likeness (QED) is 0.549. The van der Waals surface area contributed by atoms with Crippen LogP contribution in [0.25, 0.3) is 6.08 Å². The van der Waals surface area contributed by atoms with Crippen molar-refractivity contribution in [2.45, 2.75) is 32.5 Å². The average Bonchev–Trinajstić information content (AvgIpc) is 3.30. The fraction of sp³-hybridized carbons (Fsp3) is 0.259. The second-order valence-corrected chi connectivity index (χ2v) is 8.33. The first-order valence-corrected chi connectivity index (χ1v) is 11.1. The van der Waals surface area contributed by atoms with E-state index in [-0.39, 0.29) is 30.4 Å². The summed E-state index contributed by atoms with van der Waals surface area (Å²) >= 11 is 0. The molecule has 0 saturated heterocycles. The Morgan fingerprint density at radius 1 is 0.969 bits per heavy atom. The maximum atomic E-state index is 13.5. The smallest absolute Gasteiger partial charge is 0.247 e. The number of fused-ring (bicyclic) bond motifs is 1. The molecule has 3 aromatic rings. The second-order valence-electron chi connectivity index (χ2n) is 8.33. The van der Waals surface area contributed by atoms with Crippen molar-refractivity contribution < 1.29 is 9.59 Å². The Hall–Kier alpha value is -3.60. The number of hydrogen-bond acceptors (Lipinski definition) is 2. The molecule has 164 valence electrons. The van der Waals surface area contributed by atoms with Crippen molar-refractivity contribution in [2.24, 2.45) is 0 Å². The van der Waals surface area contributed by atoms with Gasteiger partial charge in [0.15, 0.2) is 0 Å². The Kier molecular flexibility index (Phi) is 6.55. The van der Waals surface area contributed by atoms with E-state index in [0.29, 0.717) is 6.54 Å². The summed E-state index contributed by atoms with van der Waals surface area (Å²) in [6, 6.07) is 23.7. The molecule has 0 aliphatic carbocycles. The molecule has 4 rings (SSSR count). The van der Waals surface area contributed by atoms with Crippen molar-refractivity contribution in [3.63, 3.8) is 0 Å². The summed E-state index contributed by atoms with van der Waals surface area (Å²) in [7, 11) is 0. The third kappa shape index (κ3) is 4.67. The molecule has 0 radical (unpaired) electrons. The highest BCUT2D eigenvalue weighted by Gasteiger charge is 2.33. The molecule has 1 atom stereocenters. The summed E-state index contributed by atoms with van der Waals surface area (Å²) in [5, 5.41) is 0. The normalized spacial score (nSPS) is 15.7. The lowest BCUT2D eigenvalue weighted by atomic mass is 10.00. The number of aromatic nitrogens is 1. The zero-order valence-electron chi connectivity index (χ0n) is 18.6. The number of carbonyl (C=O) groups is 2. The van der Waals surface area contributed by atoms with Gasteiger partial charge in [-0.2, -0.15) is 0 Å². The van der Waals surface area contributed by atoms with Crippen LogP contribution in [0.3, 0.4) is 0 Å². The van der Waals surface area contributed by atoms with E-state index in [2.05, 4.69) is 29.0 Å². The lowest BCUT2D eigenvalue weighted by Gasteiger charge is -2.39. The largest absolute Gasteiger partial charge is 0.348 e. The second kappa shape index (κ2) is 9.69. The van der Waals surface area contributed by atoms with Gasteiger partial charge in [-0.3, -0.25) is 9.59 Å². The highest BCUT2D eigenvalue weighted by molar-refractivity contribution is 5.94. The van der Waals surface area contributed by atoms with Gasteiger partial charge in [0.05, 0.1) is 6.04 Å². The Morgan fingerprint density at radius 3 is 2.34 bits per heavy atom. The van der Waals surface area contributed by atoms with Crippen LogP contribution in [0, 0.1) is 0 Å². The highest BCUT2D eigenvalue weighted by Crippen LogP contribution is 2.32. The Labute approximate surface area is 189 Å². The number of nitrogens with zero attached hydrogens (tertiary/aromatic N) is 3. The predicted molar refractivity (Wildman–Crippen MR) is 127 cm³/mol. The molecule has 1 aromatic heterocycles. The molecule has 1 unspecified atom stereocenters. The van der Waals surface area contributed by atoms with Gasteiger partial charge in [0, 0.05) is 37.1 Å². The maximum absolute atomic E-state index is 13.5. The molecule has 0 saturated carbocycles. The summed E-state index contributed by atoms with van der Waals surface area (Å²) in [5.74, 6) is -0.199. The molecule has 2 amide bonds. The highest BCUT2D eigenvalue weighted by atomic mass is 16.2. The van der Waals surface area contributed by atoms with E-state index < -0.39 is 0 Å². The van der Waals surface area contributed by atoms with E-state index >= 15 is 0 Å². The van der Waals surface area contributed by atoms with Gasteiger partial charge in [0.2, 0.25) is 11.8 Å². The maximum Gasteiger partial charge on any atom is 0.247 e. The van der Waals surface area contributed by atoms with Crippen molar-refractivity contribution in [1.29, 1.82) is 0 Å². The van der Waals surface area contributed by atoms with E-state index in [1.54, 1.807) is 17.1 Å². The summed E-state index contributed by atoms with van der Waals surface area (Å²) in [4.78, 5) is 30.0. The minimum atomic E-state index is -0.158. The van der Waals surface area contributed by atoms with Crippen LogP contribution in [0.5, 0.6) is 0 Å². The SMILES string of the molecule is CC(C)N(CC(=O)N1CCn2cccc2C1c1ccccc1)C(=O)C=Cc1ccccc1. The summed E-state index contributed by atoms with van der Waals surface area (Å²) in [6.07, 6.45) is 5.41. The van der Waals surface area contributed by atoms with Crippen molar-refractivity contribution in [3.8, 4) is 0 Å². The molecular weight excluding hydrogens is 398 g/mol. The summed E-state index contributed by atoms with van der Waals surface area (Å²) < 4.78 is 2.20. The zero-order valence-corrected chi connectivity index (χ0v) is 18.6. The van der Waals surface area contributed by atoms with Crippen molar-refractivity contribution in [1.82, 2.24) is 14.4 Å². The minimum Gasteiger partial charge on any atom is -0.348 e. The minimum absolute atomic E-state index is 0.0403. The molecule has 0 fully saturated rings. The van der Waals surface area contributed by atoms with Crippen LogP contribution in [-0.4, -0.2) is 45.3 Å². The number of amides is 2. The first-order valence-electron chi connectivity index (χ1n) is 11.1. The lowest BCUT2D eigenvalue weighted by Crippen LogP contribution is -2.49. The molecule has 0 spiro atoms. The molecule has 2 aromatic carbocycles. The van der Waals surface area contributed by atoms with Crippen molar-refractivity contribution in [3.05, 3.63) is 102 Å². The van der Waals surface area contributed by atoms with Gasteiger partial charge in [0.25, 0.3) is 0 Å². The van der Waals surface area contributed by atoms with E-state index in [1.807, 2.05) is 73.3 Å². The van der Waals surface area contributed by atoms with E-state index in [1.165, 1.54) is 0 Å². The van der Waals surface area contributed by atoms with Crippen LogP contribution in [0.4, 0.5) is 0 Å². The number of hydrogen-bond donors (Lipinski definition) is 0. The molecule has 0 N–H and O–H groups in total. The van der Waals surface area contributed by atoms with Crippen LogP contribution in [-0.2, 0) is 16.1 Å². The van der Waals surface area contributed by atoms with Gasteiger partial charge >= 0.3 is 0 Å². The van der Waals surface area contributed by atoms with E-state index in [9.17, 15) is 9.59 Å². The Morgan fingerprint density at radius 2 is 1.66 bits per heavy atom. The van der Waals surface area contributed by atoms with Gasteiger partial charge in [-0.1, -0.05) is 60.7 Å². The van der Waals surface area contributed by atoms with Crippen LogP contribution in [0.2, 0.25) is 0 Å². The van der Waals surface area contributed by atoms with Crippen molar-refractivity contribution >= 4 is 17.9 Å². The predicted octanol–water partition coefficient (Wildman–Crippen LogP) is 4.37. The molecule has 1 aliphatic rings. The standard InChI is InChI=1S/C27H29N3O2/c1-21(2)30(25(31)16-15-22-10-5-3-6-11-22)20-26(32)29-19-18-28-17-9-14-24(28)27(29)23-12-7-4-8-13-23/h3-17,21,27H,18-20H2,1-2H3. The molecular formula is C27H29N3O2. The first-order chi connectivity index (χ1) is 15.5. The van der Waals surface area contributed by atoms with Crippen molar-refractivity contribution in [2.75, 3.05) is 13.1 Å². The van der Waals surface area contributed by atoms with Crippen LogP contribution >= 0.6 is 0 Å². The summed E-state index contributed by atoms with van der Waals surface area (Å²) in [6.45, 7) is 5.30. The fourth-order valence-electron chi connectivity index (χ4n) is 4.22. The van der Waals surface area contributed by atoms with Gasteiger partial charge in [-0.15, -0.1) is 0 Å². The number of rotatable bonds is 6. The van der Waals surface area contributed by atoms with Crippen LogP contribution < -0.4 is 0 Å². The molecule has 1 aliphatic heterocycles. The first kappa shape index (κ1) is 21.6. The van der Waals surface area contributed by atoms with Crippen LogP contribution in [0.15, 0.2) is 85.1 Å². The lowest BCUT2D eigenvalue weighted by molar-refractivity contribution is -0.141. The molecule has 2 heterocycles. The monoisotopic (exact) mass is 427 g/mol. The summed E-state index contributed by atoms with van der Waals surface area (Å²) in [5.41, 5.74) is 3.13. The number of benzene rings is 2. The van der Waals surface area contributed by atoms with Gasteiger partial charge < -0.3 is 14.4 Å². The van der Waals surface area contributed by atoms with Gasteiger partial charge in [-0.25, -0.2) is 0 Å². The van der Waals surface area contributed by atoms with Crippen LogP contribution in [0.1, 0.15) is 36.7 Å². The number of carbonyl (C=O) groups excluding carboxylic acids is 2. The molecule has 0 bridgehead atoms. The molecule has 5 heteroatoms. The average molecular weight is 428 g/mol. The Bertz CT molecular complexity index is 1090. The molecule has 5 nitrogen and oxygen atoms in total.